The number of morpholine rings is 1. The number of H-pyrrole nitrogens is 1. The van der Waals surface area contributed by atoms with Crippen molar-refractivity contribution >= 4 is 39.6 Å². The van der Waals surface area contributed by atoms with Gasteiger partial charge < -0.3 is 19.9 Å². The normalized spacial score (nSPS) is 17.9. The third-order valence-electron chi connectivity index (χ3n) is 5.58. The molecule has 2 aliphatic heterocycles. The van der Waals surface area contributed by atoms with E-state index in [1.165, 1.54) is 0 Å². The number of anilines is 1. The van der Waals surface area contributed by atoms with Crippen LogP contribution in [-0.2, 0) is 14.3 Å². The molecule has 0 atom stereocenters. The van der Waals surface area contributed by atoms with Crippen LogP contribution in [0, 0.1) is 0 Å². The first-order chi connectivity index (χ1) is 14.2. The molecule has 0 unspecified atom stereocenters. The second kappa shape index (κ2) is 7.22. The van der Waals surface area contributed by atoms with E-state index in [0.717, 1.165) is 33.3 Å². The van der Waals surface area contributed by atoms with Gasteiger partial charge in [0.1, 0.15) is 0 Å². The number of benzene rings is 2. The van der Waals surface area contributed by atoms with Crippen molar-refractivity contribution in [3.8, 4) is 0 Å². The fourth-order valence-corrected chi connectivity index (χ4v) is 4.13. The molecule has 2 amide bonds. The lowest BCUT2D eigenvalue weighted by Crippen LogP contribution is -2.40. The molecule has 6 nitrogen and oxygen atoms in total. The molecule has 146 valence electrons. The number of nitrogens with one attached hydrogen (secondary N) is 2. The topological polar surface area (TPSA) is 74.4 Å². The minimum atomic E-state index is -0.166. The molecular weight excluding hydrogens is 366 g/mol. The molecule has 5 rings (SSSR count). The first kappa shape index (κ1) is 17.7. The number of hydrogen-bond donors (Lipinski definition) is 2. The lowest BCUT2D eigenvalue weighted by Gasteiger charge is -2.27. The van der Waals surface area contributed by atoms with Gasteiger partial charge in [-0.2, -0.15) is 0 Å². The Kier molecular flexibility index (Phi) is 4.41. The molecule has 2 aliphatic rings. The van der Waals surface area contributed by atoms with E-state index in [-0.39, 0.29) is 18.2 Å². The molecule has 6 heteroatoms. The molecule has 0 aliphatic carbocycles. The van der Waals surface area contributed by atoms with Crippen molar-refractivity contribution in [2.75, 3.05) is 31.6 Å². The number of para-hydroxylation sites is 2. The monoisotopic (exact) mass is 387 g/mol. The minimum absolute atomic E-state index is 0.0123. The summed E-state index contributed by atoms with van der Waals surface area (Å²) in [5.74, 6) is -0.153. The maximum atomic E-state index is 13.1. The molecule has 29 heavy (non-hydrogen) atoms. The van der Waals surface area contributed by atoms with Gasteiger partial charge in [0.25, 0.3) is 5.91 Å². The van der Waals surface area contributed by atoms with Crippen molar-refractivity contribution in [2.24, 2.45) is 0 Å². The Morgan fingerprint density at radius 3 is 2.66 bits per heavy atom. The molecule has 0 radical (unpaired) electrons. The second-order valence-electron chi connectivity index (χ2n) is 7.27. The summed E-state index contributed by atoms with van der Waals surface area (Å²) in [6, 6.07) is 15.6. The van der Waals surface area contributed by atoms with Gasteiger partial charge in [0.05, 0.1) is 25.2 Å². The number of amides is 2. The Hall–Kier alpha value is -3.38. The Labute approximate surface area is 168 Å². The number of rotatable bonds is 3. The highest BCUT2D eigenvalue weighted by atomic mass is 16.5. The average molecular weight is 387 g/mol. The van der Waals surface area contributed by atoms with Crippen LogP contribution >= 0.6 is 0 Å². The highest BCUT2D eigenvalue weighted by molar-refractivity contribution is 6.38. The van der Waals surface area contributed by atoms with Gasteiger partial charge in [-0.05, 0) is 17.7 Å². The second-order valence-corrected chi connectivity index (χ2v) is 7.27. The molecule has 1 aromatic heterocycles. The van der Waals surface area contributed by atoms with E-state index >= 15 is 0 Å². The van der Waals surface area contributed by atoms with Gasteiger partial charge in [-0.15, -0.1) is 0 Å². The summed E-state index contributed by atoms with van der Waals surface area (Å²) in [6.45, 7) is 2.26. The Balaban J connectivity index is 1.66. The highest BCUT2D eigenvalue weighted by Crippen LogP contribution is 2.40. The third kappa shape index (κ3) is 3.11. The van der Waals surface area contributed by atoms with Gasteiger partial charge in [0.2, 0.25) is 5.91 Å². The average Bonchev–Trinajstić information content (AvgIpc) is 3.33. The van der Waals surface area contributed by atoms with Crippen LogP contribution in [0.2, 0.25) is 0 Å². The zero-order chi connectivity index (χ0) is 19.8. The van der Waals surface area contributed by atoms with Gasteiger partial charge in [-0.3, -0.25) is 9.59 Å². The highest BCUT2D eigenvalue weighted by Gasteiger charge is 2.30. The van der Waals surface area contributed by atoms with Gasteiger partial charge in [-0.1, -0.05) is 36.4 Å². The zero-order valence-electron chi connectivity index (χ0n) is 15.9. The lowest BCUT2D eigenvalue weighted by atomic mass is 9.92. The number of aromatic amines is 1. The van der Waals surface area contributed by atoms with Crippen LogP contribution in [0.1, 0.15) is 17.5 Å². The lowest BCUT2D eigenvalue weighted by molar-refractivity contribution is -0.134. The minimum Gasteiger partial charge on any atom is -0.378 e. The number of ether oxygens (including phenoxy) is 1. The molecule has 2 N–H and O–H groups in total. The van der Waals surface area contributed by atoms with Crippen LogP contribution in [-0.4, -0.2) is 48.0 Å². The number of fused-ring (bicyclic) bond motifs is 2. The van der Waals surface area contributed by atoms with Crippen LogP contribution in [0.25, 0.3) is 22.0 Å². The molecule has 0 saturated carbocycles. The summed E-state index contributed by atoms with van der Waals surface area (Å²) in [4.78, 5) is 31.1. The maximum absolute atomic E-state index is 13.1. The summed E-state index contributed by atoms with van der Waals surface area (Å²) in [6.07, 6.45) is 2.06. The van der Waals surface area contributed by atoms with E-state index in [9.17, 15) is 9.59 Å². The summed E-state index contributed by atoms with van der Waals surface area (Å²) < 4.78 is 5.37. The van der Waals surface area contributed by atoms with Crippen LogP contribution in [0.4, 0.5) is 5.69 Å². The Morgan fingerprint density at radius 2 is 1.79 bits per heavy atom. The maximum Gasteiger partial charge on any atom is 0.256 e. The van der Waals surface area contributed by atoms with Crippen molar-refractivity contribution in [3.05, 3.63) is 65.9 Å². The van der Waals surface area contributed by atoms with Gasteiger partial charge in [0.15, 0.2) is 0 Å². The van der Waals surface area contributed by atoms with Crippen molar-refractivity contribution in [3.63, 3.8) is 0 Å². The van der Waals surface area contributed by atoms with Crippen molar-refractivity contribution in [1.29, 1.82) is 0 Å². The number of hydrogen-bond acceptors (Lipinski definition) is 3. The van der Waals surface area contributed by atoms with E-state index in [0.29, 0.717) is 31.9 Å². The first-order valence-corrected chi connectivity index (χ1v) is 9.78. The molecular formula is C23H21N3O3. The molecule has 3 aromatic rings. The fraction of sp³-hybridized carbons (Fsp3) is 0.217. The van der Waals surface area contributed by atoms with E-state index in [2.05, 4.69) is 10.3 Å². The van der Waals surface area contributed by atoms with Crippen molar-refractivity contribution < 1.29 is 14.3 Å². The van der Waals surface area contributed by atoms with Crippen LogP contribution in [0.3, 0.4) is 0 Å². The van der Waals surface area contributed by atoms with Gasteiger partial charge in [-0.25, -0.2) is 0 Å². The molecule has 2 aromatic carbocycles. The fourth-order valence-electron chi connectivity index (χ4n) is 4.13. The summed E-state index contributed by atoms with van der Waals surface area (Å²) in [7, 11) is 0. The number of carbonyl (C=O) groups is 2. The zero-order valence-corrected chi connectivity index (χ0v) is 15.9. The molecule has 1 saturated heterocycles. The number of aromatic nitrogens is 1. The summed E-state index contributed by atoms with van der Waals surface area (Å²) in [5.41, 5.74) is 4.82. The van der Waals surface area contributed by atoms with E-state index in [4.69, 9.17) is 4.74 Å². The molecule has 1 fully saturated rings. The van der Waals surface area contributed by atoms with E-state index < -0.39 is 0 Å². The molecule has 0 bridgehead atoms. The summed E-state index contributed by atoms with van der Waals surface area (Å²) >= 11 is 0. The van der Waals surface area contributed by atoms with Crippen LogP contribution < -0.4 is 5.32 Å². The first-order valence-electron chi connectivity index (χ1n) is 9.78. The smallest absolute Gasteiger partial charge is 0.256 e. The van der Waals surface area contributed by atoms with E-state index in [1.807, 2.05) is 59.6 Å². The summed E-state index contributed by atoms with van der Waals surface area (Å²) in [5, 5.41) is 3.94. The van der Waals surface area contributed by atoms with Crippen molar-refractivity contribution in [1.82, 2.24) is 9.88 Å². The Bertz CT molecular complexity index is 1140. The van der Waals surface area contributed by atoms with Gasteiger partial charge in [0, 0.05) is 47.0 Å². The van der Waals surface area contributed by atoms with E-state index in [1.54, 1.807) is 0 Å². The quantitative estimate of drug-likeness (QED) is 0.678. The number of nitrogens with zero attached hydrogens (tertiary/aromatic N) is 1. The SMILES string of the molecule is O=C1Nc2ccccc2C1=C(CC(=O)N1CCOCC1)c1c[nH]c2ccccc12. The van der Waals surface area contributed by atoms with Crippen molar-refractivity contribution in [2.45, 2.75) is 6.42 Å². The predicted molar refractivity (Wildman–Crippen MR) is 112 cm³/mol. The standard InChI is InChI=1S/C23H21N3O3/c27-21(26-9-11-29-12-10-26)13-17(18-14-24-19-7-3-1-5-15(18)19)22-16-6-2-4-8-20(16)25-23(22)28/h1-8,14,24H,9-13H2,(H,25,28). The number of carbonyl (C=O) groups excluding carboxylic acids is 2. The molecule has 0 spiro atoms. The van der Waals surface area contributed by atoms with Gasteiger partial charge >= 0.3 is 0 Å². The molecule has 3 heterocycles. The van der Waals surface area contributed by atoms with Crippen LogP contribution in [0.5, 0.6) is 0 Å². The predicted octanol–water partition coefficient (Wildman–Crippen LogP) is 3.28. The Morgan fingerprint density at radius 1 is 1.03 bits per heavy atom. The largest absolute Gasteiger partial charge is 0.378 e. The third-order valence-corrected chi connectivity index (χ3v) is 5.58. The van der Waals surface area contributed by atoms with Crippen LogP contribution in [0.15, 0.2) is 54.7 Å².